The lowest BCUT2D eigenvalue weighted by molar-refractivity contribution is -0.137. The Morgan fingerprint density at radius 1 is 1.38 bits per heavy atom. The second kappa shape index (κ2) is 7.26. The van der Waals surface area contributed by atoms with Gasteiger partial charge >= 0.3 is 5.97 Å². The van der Waals surface area contributed by atoms with Gasteiger partial charge in [0.2, 0.25) is 0 Å². The van der Waals surface area contributed by atoms with E-state index in [1.165, 1.54) is 25.7 Å². The second-order valence-electron chi connectivity index (χ2n) is 4.35. The molecule has 90 valence electrons. The van der Waals surface area contributed by atoms with Crippen LogP contribution in [0.5, 0.6) is 0 Å². The van der Waals surface area contributed by atoms with Crippen LogP contribution in [-0.4, -0.2) is 12.6 Å². The van der Waals surface area contributed by atoms with Gasteiger partial charge in [-0.1, -0.05) is 17.2 Å². The molecule has 1 aliphatic carbocycles. The highest BCUT2D eigenvalue weighted by Crippen LogP contribution is 2.24. The molecule has 1 saturated carbocycles. The van der Waals surface area contributed by atoms with Crippen molar-refractivity contribution in [3.8, 4) is 0 Å². The molecule has 0 heterocycles. The molecule has 0 N–H and O–H groups in total. The quantitative estimate of drug-likeness (QED) is 0.402. The molecule has 0 amide bonds. The number of hydrogen-bond donors (Lipinski definition) is 0. The number of carbonyl (C=O) groups excluding carboxylic acids is 1. The van der Waals surface area contributed by atoms with E-state index in [1.807, 2.05) is 13.8 Å². The van der Waals surface area contributed by atoms with Crippen LogP contribution in [0.1, 0.15) is 52.4 Å². The molecule has 0 unspecified atom stereocenters. The maximum Gasteiger partial charge on any atom is 0.330 e. The van der Waals surface area contributed by atoms with E-state index in [2.05, 4.69) is 6.08 Å². The molecule has 16 heavy (non-hydrogen) atoms. The lowest BCUT2D eigenvalue weighted by Gasteiger charge is -2.00. The van der Waals surface area contributed by atoms with Crippen LogP contribution in [0.3, 0.4) is 0 Å². The maximum atomic E-state index is 11.2. The molecule has 0 atom stereocenters. The number of allylic oxidation sites excluding steroid dienone is 3. The zero-order chi connectivity index (χ0) is 11.8. The van der Waals surface area contributed by atoms with Crippen molar-refractivity contribution < 1.29 is 9.53 Å². The van der Waals surface area contributed by atoms with E-state index in [1.54, 1.807) is 11.6 Å². The van der Waals surface area contributed by atoms with Crippen LogP contribution in [0, 0.1) is 0 Å². The normalized spacial score (nSPS) is 16.4. The minimum Gasteiger partial charge on any atom is -0.463 e. The van der Waals surface area contributed by atoms with E-state index in [0.29, 0.717) is 6.61 Å². The van der Waals surface area contributed by atoms with Gasteiger partial charge in [-0.2, -0.15) is 0 Å². The van der Waals surface area contributed by atoms with Crippen molar-refractivity contribution in [1.29, 1.82) is 0 Å². The van der Waals surface area contributed by atoms with Gasteiger partial charge in [0.25, 0.3) is 0 Å². The monoisotopic (exact) mass is 222 g/mol. The fourth-order valence-corrected chi connectivity index (χ4v) is 1.99. The highest BCUT2D eigenvalue weighted by molar-refractivity contribution is 5.82. The van der Waals surface area contributed by atoms with Crippen LogP contribution in [0.25, 0.3) is 0 Å². The molecule has 0 aromatic rings. The molecule has 0 radical (unpaired) electrons. The van der Waals surface area contributed by atoms with Crippen LogP contribution in [0.4, 0.5) is 0 Å². The molecular formula is C14H22O2. The zero-order valence-electron chi connectivity index (χ0n) is 10.4. The first-order chi connectivity index (χ1) is 7.72. The Morgan fingerprint density at radius 2 is 2.06 bits per heavy atom. The van der Waals surface area contributed by atoms with Crippen molar-refractivity contribution >= 4 is 5.97 Å². The van der Waals surface area contributed by atoms with E-state index in [4.69, 9.17) is 4.74 Å². The Morgan fingerprint density at radius 3 is 2.69 bits per heavy atom. The largest absolute Gasteiger partial charge is 0.463 e. The van der Waals surface area contributed by atoms with E-state index in [-0.39, 0.29) is 5.97 Å². The summed E-state index contributed by atoms with van der Waals surface area (Å²) in [6.07, 6.45) is 11.2. The molecule has 2 heteroatoms. The van der Waals surface area contributed by atoms with Gasteiger partial charge in [0.1, 0.15) is 0 Å². The lowest BCUT2D eigenvalue weighted by atomic mass is 10.1. The first-order valence-electron chi connectivity index (χ1n) is 6.24. The summed E-state index contributed by atoms with van der Waals surface area (Å²) in [5.41, 5.74) is 2.71. The number of esters is 1. The third-order valence-electron chi connectivity index (χ3n) is 2.87. The minimum absolute atomic E-state index is 0.214. The van der Waals surface area contributed by atoms with Gasteiger partial charge in [0, 0.05) is 6.08 Å². The van der Waals surface area contributed by atoms with Gasteiger partial charge in [-0.3, -0.25) is 0 Å². The summed E-state index contributed by atoms with van der Waals surface area (Å²) in [5.74, 6) is -0.214. The van der Waals surface area contributed by atoms with Gasteiger partial charge in [0.15, 0.2) is 0 Å². The number of carbonyl (C=O) groups is 1. The van der Waals surface area contributed by atoms with E-state index >= 15 is 0 Å². The standard InChI is InChI=1S/C14H22O2/c1-3-16-14(15)11-12(2)7-6-10-13-8-4-5-9-13/h10-11H,3-9H2,1-2H3/b12-11+. The fraction of sp³-hybridized carbons (Fsp3) is 0.643. The number of rotatable bonds is 5. The van der Waals surface area contributed by atoms with Crippen molar-refractivity contribution in [3.63, 3.8) is 0 Å². The zero-order valence-corrected chi connectivity index (χ0v) is 10.4. The first kappa shape index (κ1) is 13.0. The van der Waals surface area contributed by atoms with E-state index < -0.39 is 0 Å². The molecule has 2 nitrogen and oxygen atoms in total. The fourth-order valence-electron chi connectivity index (χ4n) is 1.99. The molecule has 1 fully saturated rings. The summed E-state index contributed by atoms with van der Waals surface area (Å²) in [5, 5.41) is 0. The Labute approximate surface area is 98.4 Å². The Bertz CT molecular complexity index is 279. The highest BCUT2D eigenvalue weighted by Gasteiger charge is 2.05. The van der Waals surface area contributed by atoms with E-state index in [9.17, 15) is 4.79 Å². The average molecular weight is 222 g/mol. The third-order valence-corrected chi connectivity index (χ3v) is 2.87. The molecule has 1 aliphatic rings. The third kappa shape index (κ3) is 5.15. The Hall–Kier alpha value is -1.05. The van der Waals surface area contributed by atoms with Gasteiger partial charge in [-0.15, -0.1) is 0 Å². The van der Waals surface area contributed by atoms with Gasteiger partial charge < -0.3 is 4.74 Å². The summed E-state index contributed by atoms with van der Waals surface area (Å²) in [6, 6.07) is 0. The summed E-state index contributed by atoms with van der Waals surface area (Å²) >= 11 is 0. The lowest BCUT2D eigenvalue weighted by Crippen LogP contribution is -2.00. The predicted octanol–water partition coefficient (Wildman–Crippen LogP) is 3.78. The number of ether oxygens (including phenoxy) is 1. The summed E-state index contributed by atoms with van der Waals surface area (Å²) in [4.78, 5) is 11.2. The molecule has 0 spiro atoms. The van der Waals surface area contributed by atoms with Crippen molar-refractivity contribution in [1.82, 2.24) is 0 Å². The number of hydrogen-bond acceptors (Lipinski definition) is 2. The van der Waals surface area contributed by atoms with Crippen LogP contribution in [0.2, 0.25) is 0 Å². The summed E-state index contributed by atoms with van der Waals surface area (Å²) in [6.45, 7) is 4.27. The average Bonchev–Trinajstić information content (AvgIpc) is 2.70. The molecule has 0 bridgehead atoms. The van der Waals surface area contributed by atoms with Crippen molar-refractivity contribution in [2.24, 2.45) is 0 Å². The topological polar surface area (TPSA) is 26.3 Å². The summed E-state index contributed by atoms with van der Waals surface area (Å²) < 4.78 is 4.86. The molecule has 1 rings (SSSR count). The maximum absolute atomic E-state index is 11.2. The van der Waals surface area contributed by atoms with Gasteiger partial charge in [0.05, 0.1) is 6.61 Å². The molecular weight excluding hydrogens is 200 g/mol. The molecule has 0 aliphatic heterocycles. The first-order valence-corrected chi connectivity index (χ1v) is 6.24. The Kier molecular flexibility index (Phi) is 5.91. The predicted molar refractivity (Wildman–Crippen MR) is 66.2 cm³/mol. The SMILES string of the molecule is CCOC(=O)/C=C(\C)CCC=C1CCCC1. The van der Waals surface area contributed by atoms with Crippen molar-refractivity contribution in [2.45, 2.75) is 52.4 Å². The van der Waals surface area contributed by atoms with Crippen molar-refractivity contribution in [3.05, 3.63) is 23.3 Å². The van der Waals surface area contributed by atoms with Crippen LogP contribution < -0.4 is 0 Å². The highest BCUT2D eigenvalue weighted by atomic mass is 16.5. The van der Waals surface area contributed by atoms with Crippen LogP contribution in [-0.2, 0) is 9.53 Å². The van der Waals surface area contributed by atoms with Crippen molar-refractivity contribution in [2.75, 3.05) is 6.61 Å². The molecule has 0 aromatic heterocycles. The van der Waals surface area contributed by atoms with Crippen LogP contribution in [0.15, 0.2) is 23.3 Å². The molecule has 0 saturated heterocycles. The Balaban J connectivity index is 2.25. The van der Waals surface area contributed by atoms with Crippen LogP contribution >= 0.6 is 0 Å². The van der Waals surface area contributed by atoms with Gasteiger partial charge in [-0.05, 0) is 52.4 Å². The van der Waals surface area contributed by atoms with Gasteiger partial charge in [-0.25, -0.2) is 4.79 Å². The minimum atomic E-state index is -0.214. The summed E-state index contributed by atoms with van der Waals surface area (Å²) in [7, 11) is 0. The smallest absolute Gasteiger partial charge is 0.330 e. The van der Waals surface area contributed by atoms with E-state index in [0.717, 1.165) is 18.4 Å². The molecule has 0 aromatic carbocycles. The second-order valence-corrected chi connectivity index (χ2v) is 4.35.